The Morgan fingerprint density at radius 2 is 1.48 bits per heavy atom. The van der Waals surface area contributed by atoms with Crippen LogP contribution in [0.25, 0.3) is 10.8 Å². The van der Waals surface area contributed by atoms with E-state index in [0.717, 1.165) is 22.4 Å². The molecule has 0 saturated heterocycles. The lowest BCUT2D eigenvalue weighted by Crippen LogP contribution is -2.13. The quantitative estimate of drug-likeness (QED) is 0.253. The van der Waals surface area contributed by atoms with E-state index in [1.54, 1.807) is 6.92 Å². The van der Waals surface area contributed by atoms with Crippen molar-refractivity contribution in [2.75, 3.05) is 0 Å². The van der Waals surface area contributed by atoms with Crippen LogP contribution >= 0.6 is 0 Å². The fourth-order valence-corrected chi connectivity index (χ4v) is 5.28. The molecule has 1 heteroatoms. The molecule has 0 radical (unpaired) electrons. The molecular formula is C32H37F. The Balaban J connectivity index is 1.31. The lowest BCUT2D eigenvalue weighted by molar-refractivity contribution is 0.302. The van der Waals surface area contributed by atoms with Gasteiger partial charge in [0.2, 0.25) is 0 Å². The Hall–Kier alpha value is -2.59. The van der Waals surface area contributed by atoms with E-state index >= 15 is 0 Å². The van der Waals surface area contributed by atoms with Gasteiger partial charge in [-0.1, -0.05) is 87.6 Å². The molecule has 0 aromatic heterocycles. The molecule has 0 aliphatic heterocycles. The van der Waals surface area contributed by atoms with Gasteiger partial charge in [-0.2, -0.15) is 0 Å². The van der Waals surface area contributed by atoms with E-state index in [2.05, 4.69) is 43.0 Å². The summed E-state index contributed by atoms with van der Waals surface area (Å²) >= 11 is 0. The summed E-state index contributed by atoms with van der Waals surface area (Å²) in [6.45, 7) is 4.09. The van der Waals surface area contributed by atoms with Gasteiger partial charge in [-0.3, -0.25) is 0 Å². The van der Waals surface area contributed by atoms with E-state index in [0.29, 0.717) is 16.9 Å². The summed E-state index contributed by atoms with van der Waals surface area (Å²) in [4.78, 5) is 0. The van der Waals surface area contributed by atoms with Crippen molar-refractivity contribution in [3.05, 3.63) is 82.7 Å². The lowest BCUT2D eigenvalue weighted by Gasteiger charge is -2.29. The molecule has 172 valence electrons. The molecule has 0 unspecified atom stereocenters. The predicted molar refractivity (Wildman–Crippen MR) is 139 cm³/mol. The van der Waals surface area contributed by atoms with Crippen LogP contribution in [-0.4, -0.2) is 0 Å². The van der Waals surface area contributed by atoms with Gasteiger partial charge in [0, 0.05) is 16.5 Å². The number of hydrogen-bond acceptors (Lipinski definition) is 0. The third-order valence-electron chi connectivity index (χ3n) is 7.44. The first-order chi connectivity index (χ1) is 16.1. The summed E-state index contributed by atoms with van der Waals surface area (Å²) in [5, 5.41) is 1.56. The van der Waals surface area contributed by atoms with Gasteiger partial charge in [-0.25, -0.2) is 4.39 Å². The Bertz CT molecular complexity index is 1100. The standard InChI is InChI=1S/C32H37F/c1-3-4-5-6-7-8-25-12-18-28(19-13-25)29-20-14-26(15-21-29)10-11-27-16-22-31-30(23-27)17-9-24(2)32(31)33/h9,14-17,20-23,25,28H,3-8,12-13,18-19H2,1-2H3. The SMILES string of the molecule is CCCCCCCC1CCC(c2ccc(C#Cc3ccc4c(F)c(C)ccc4c3)cc2)CC1. The number of hydrogen-bond donors (Lipinski definition) is 0. The average molecular weight is 441 g/mol. The van der Waals surface area contributed by atoms with Crippen LogP contribution in [0, 0.1) is 30.5 Å². The number of rotatable bonds is 7. The topological polar surface area (TPSA) is 0 Å². The van der Waals surface area contributed by atoms with Crippen molar-refractivity contribution in [1.29, 1.82) is 0 Å². The fraction of sp³-hybridized carbons (Fsp3) is 0.438. The van der Waals surface area contributed by atoms with Crippen molar-refractivity contribution in [3.63, 3.8) is 0 Å². The Morgan fingerprint density at radius 1 is 0.788 bits per heavy atom. The van der Waals surface area contributed by atoms with Crippen molar-refractivity contribution in [2.45, 2.75) is 84.0 Å². The van der Waals surface area contributed by atoms with Crippen LogP contribution in [0.4, 0.5) is 4.39 Å². The van der Waals surface area contributed by atoms with E-state index < -0.39 is 0 Å². The maximum absolute atomic E-state index is 14.3. The molecule has 33 heavy (non-hydrogen) atoms. The molecule has 4 rings (SSSR count). The highest BCUT2D eigenvalue weighted by molar-refractivity contribution is 5.85. The van der Waals surface area contributed by atoms with E-state index in [1.807, 2.05) is 30.3 Å². The zero-order valence-corrected chi connectivity index (χ0v) is 20.3. The van der Waals surface area contributed by atoms with E-state index in [4.69, 9.17) is 0 Å². The molecular weight excluding hydrogens is 403 g/mol. The lowest BCUT2D eigenvalue weighted by atomic mass is 9.77. The molecule has 1 fully saturated rings. The van der Waals surface area contributed by atoms with Crippen molar-refractivity contribution in [3.8, 4) is 11.8 Å². The van der Waals surface area contributed by atoms with Gasteiger partial charge in [0.05, 0.1) is 0 Å². The summed E-state index contributed by atoms with van der Waals surface area (Å²) < 4.78 is 14.3. The predicted octanol–water partition coefficient (Wildman–Crippen LogP) is 9.32. The molecule has 0 heterocycles. The first kappa shape index (κ1) is 23.6. The van der Waals surface area contributed by atoms with Crippen LogP contribution in [0.15, 0.2) is 54.6 Å². The van der Waals surface area contributed by atoms with Gasteiger partial charge in [0.25, 0.3) is 0 Å². The molecule has 0 amide bonds. The largest absolute Gasteiger partial charge is 0.206 e. The van der Waals surface area contributed by atoms with Crippen LogP contribution in [0.1, 0.15) is 99.3 Å². The van der Waals surface area contributed by atoms with E-state index in [-0.39, 0.29) is 5.82 Å². The van der Waals surface area contributed by atoms with Crippen LogP contribution < -0.4 is 0 Å². The Kier molecular flexibility index (Phi) is 8.22. The molecule has 0 bridgehead atoms. The summed E-state index contributed by atoms with van der Waals surface area (Å²) in [5.41, 5.74) is 4.10. The first-order valence-corrected chi connectivity index (χ1v) is 12.9. The van der Waals surface area contributed by atoms with Crippen molar-refractivity contribution < 1.29 is 4.39 Å². The summed E-state index contributed by atoms with van der Waals surface area (Å²) in [6.07, 6.45) is 13.9. The second kappa shape index (κ2) is 11.5. The van der Waals surface area contributed by atoms with Gasteiger partial charge < -0.3 is 0 Å². The number of unbranched alkanes of at least 4 members (excludes halogenated alkanes) is 4. The fourth-order valence-electron chi connectivity index (χ4n) is 5.28. The molecule has 1 saturated carbocycles. The normalized spacial score (nSPS) is 18.2. The number of benzene rings is 3. The minimum Gasteiger partial charge on any atom is -0.206 e. The summed E-state index contributed by atoms with van der Waals surface area (Å²) in [6, 6.07) is 18.4. The summed E-state index contributed by atoms with van der Waals surface area (Å²) in [5.74, 6) is 8.06. The number of fused-ring (bicyclic) bond motifs is 1. The van der Waals surface area contributed by atoms with E-state index in [9.17, 15) is 4.39 Å². The number of halogens is 1. The average Bonchev–Trinajstić information content (AvgIpc) is 2.86. The smallest absolute Gasteiger partial charge is 0.133 e. The molecule has 0 spiro atoms. The van der Waals surface area contributed by atoms with Crippen molar-refractivity contribution >= 4 is 10.8 Å². The molecule has 3 aromatic rings. The zero-order valence-electron chi connectivity index (χ0n) is 20.3. The highest BCUT2D eigenvalue weighted by Gasteiger charge is 2.21. The van der Waals surface area contributed by atoms with Crippen LogP contribution in [0.2, 0.25) is 0 Å². The van der Waals surface area contributed by atoms with Crippen LogP contribution in [-0.2, 0) is 0 Å². The molecule has 1 aliphatic rings. The van der Waals surface area contributed by atoms with Crippen molar-refractivity contribution in [1.82, 2.24) is 0 Å². The van der Waals surface area contributed by atoms with Gasteiger partial charge in [0.1, 0.15) is 5.82 Å². The molecule has 3 aromatic carbocycles. The van der Waals surface area contributed by atoms with Crippen molar-refractivity contribution in [2.24, 2.45) is 5.92 Å². The van der Waals surface area contributed by atoms with Gasteiger partial charge in [-0.15, -0.1) is 0 Å². The maximum Gasteiger partial charge on any atom is 0.133 e. The number of aryl methyl sites for hydroxylation is 1. The van der Waals surface area contributed by atoms with Gasteiger partial charge >= 0.3 is 0 Å². The van der Waals surface area contributed by atoms with E-state index in [1.165, 1.54) is 69.8 Å². The third kappa shape index (κ3) is 6.26. The van der Waals surface area contributed by atoms with Crippen LogP contribution in [0.5, 0.6) is 0 Å². The van der Waals surface area contributed by atoms with Crippen LogP contribution in [0.3, 0.4) is 0 Å². The molecule has 1 aliphatic carbocycles. The highest BCUT2D eigenvalue weighted by atomic mass is 19.1. The Labute approximate surface area is 199 Å². The minimum absolute atomic E-state index is 0.136. The zero-order chi connectivity index (χ0) is 23.0. The second-order valence-electron chi connectivity index (χ2n) is 9.92. The second-order valence-corrected chi connectivity index (χ2v) is 9.92. The minimum atomic E-state index is -0.136. The first-order valence-electron chi connectivity index (χ1n) is 12.9. The van der Waals surface area contributed by atoms with Gasteiger partial charge in [0.15, 0.2) is 0 Å². The highest BCUT2D eigenvalue weighted by Crippen LogP contribution is 2.37. The van der Waals surface area contributed by atoms with Gasteiger partial charge in [-0.05, 0) is 85.2 Å². The summed E-state index contributed by atoms with van der Waals surface area (Å²) in [7, 11) is 0. The molecule has 0 N–H and O–H groups in total. The molecule has 0 atom stereocenters. The molecule has 0 nitrogen and oxygen atoms in total. The third-order valence-corrected chi connectivity index (χ3v) is 7.44. The Morgan fingerprint density at radius 3 is 2.24 bits per heavy atom. The maximum atomic E-state index is 14.3. The monoisotopic (exact) mass is 440 g/mol.